The molecular weight excluding hydrogens is 254 g/mol. The number of carboxylic acids is 1. The van der Waals surface area contributed by atoms with Crippen LogP contribution in [0.25, 0.3) is 6.08 Å². The lowest BCUT2D eigenvalue weighted by Crippen LogP contribution is -2.44. The van der Waals surface area contributed by atoms with Crippen LogP contribution in [0.15, 0.2) is 30.3 Å². The van der Waals surface area contributed by atoms with Crippen LogP contribution in [-0.4, -0.2) is 23.0 Å². The molecule has 2 N–H and O–H groups in total. The molecule has 0 aromatic heterocycles. The van der Waals surface area contributed by atoms with E-state index in [2.05, 4.69) is 5.32 Å². The van der Waals surface area contributed by atoms with E-state index in [9.17, 15) is 9.59 Å². The molecule has 0 radical (unpaired) electrons. The monoisotopic (exact) mass is 275 g/mol. The summed E-state index contributed by atoms with van der Waals surface area (Å²) in [6.07, 6.45) is 3.76. The number of carbonyl (C=O) groups excluding carboxylic acids is 1. The van der Waals surface area contributed by atoms with Crippen molar-refractivity contribution in [3.05, 3.63) is 41.5 Å². The number of amides is 1. The molecule has 108 valence electrons. The quantitative estimate of drug-likeness (QED) is 0.784. The van der Waals surface area contributed by atoms with E-state index in [1.807, 2.05) is 45.0 Å². The lowest BCUT2D eigenvalue weighted by Gasteiger charge is -2.19. The van der Waals surface area contributed by atoms with Crippen LogP contribution in [0.4, 0.5) is 0 Å². The van der Waals surface area contributed by atoms with Gasteiger partial charge in [-0.2, -0.15) is 0 Å². The summed E-state index contributed by atoms with van der Waals surface area (Å²) >= 11 is 0. The standard InChI is InChI=1S/C16H21NO3/c1-4-11(2)15(16(19)20)17-14(18)10-9-13-8-6-5-7-12(13)3/h5-11,15H,4H2,1-3H3,(H,17,18)(H,19,20)/b10-9+. The van der Waals surface area contributed by atoms with Crippen LogP contribution in [0.1, 0.15) is 31.4 Å². The maximum absolute atomic E-state index is 11.8. The molecule has 0 heterocycles. The second-order valence-electron chi connectivity index (χ2n) is 4.90. The molecule has 0 aliphatic rings. The first-order valence-corrected chi connectivity index (χ1v) is 6.72. The predicted molar refractivity (Wildman–Crippen MR) is 79.2 cm³/mol. The van der Waals surface area contributed by atoms with Gasteiger partial charge in [-0.15, -0.1) is 0 Å². The number of rotatable bonds is 6. The summed E-state index contributed by atoms with van der Waals surface area (Å²) in [6.45, 7) is 5.66. The minimum atomic E-state index is -1.00. The zero-order valence-electron chi connectivity index (χ0n) is 12.1. The van der Waals surface area contributed by atoms with Crippen molar-refractivity contribution in [2.24, 2.45) is 5.92 Å². The van der Waals surface area contributed by atoms with Gasteiger partial charge in [0.05, 0.1) is 0 Å². The highest BCUT2D eigenvalue weighted by atomic mass is 16.4. The maximum atomic E-state index is 11.8. The van der Waals surface area contributed by atoms with Gasteiger partial charge in [0, 0.05) is 6.08 Å². The molecule has 2 atom stereocenters. The Kier molecular flexibility index (Phi) is 5.97. The van der Waals surface area contributed by atoms with E-state index in [4.69, 9.17) is 5.11 Å². The molecule has 0 aliphatic heterocycles. The molecule has 0 aliphatic carbocycles. The number of hydrogen-bond acceptors (Lipinski definition) is 2. The van der Waals surface area contributed by atoms with Gasteiger partial charge in [0.2, 0.25) is 5.91 Å². The van der Waals surface area contributed by atoms with E-state index in [1.165, 1.54) is 6.08 Å². The molecule has 20 heavy (non-hydrogen) atoms. The normalized spacial score (nSPS) is 13.9. The molecule has 1 aromatic carbocycles. The molecule has 4 heteroatoms. The van der Waals surface area contributed by atoms with Crippen molar-refractivity contribution in [1.29, 1.82) is 0 Å². The minimum absolute atomic E-state index is 0.108. The smallest absolute Gasteiger partial charge is 0.326 e. The number of benzene rings is 1. The van der Waals surface area contributed by atoms with E-state index in [1.54, 1.807) is 6.08 Å². The van der Waals surface area contributed by atoms with Crippen LogP contribution < -0.4 is 5.32 Å². The Morgan fingerprint density at radius 2 is 2.00 bits per heavy atom. The Morgan fingerprint density at radius 3 is 2.55 bits per heavy atom. The predicted octanol–water partition coefficient (Wildman–Crippen LogP) is 2.62. The Hall–Kier alpha value is -2.10. The lowest BCUT2D eigenvalue weighted by molar-refractivity contribution is -0.142. The number of carboxylic acid groups (broad SMARTS) is 1. The number of aliphatic carboxylic acids is 1. The van der Waals surface area contributed by atoms with Crippen LogP contribution in [0, 0.1) is 12.8 Å². The minimum Gasteiger partial charge on any atom is -0.480 e. The number of carbonyl (C=O) groups is 2. The highest BCUT2D eigenvalue weighted by Gasteiger charge is 2.24. The molecule has 2 unspecified atom stereocenters. The van der Waals surface area contributed by atoms with Gasteiger partial charge >= 0.3 is 5.97 Å². The third-order valence-electron chi connectivity index (χ3n) is 3.38. The highest BCUT2D eigenvalue weighted by molar-refractivity contribution is 5.94. The van der Waals surface area contributed by atoms with E-state index in [-0.39, 0.29) is 11.8 Å². The van der Waals surface area contributed by atoms with Crippen LogP contribution in [0.3, 0.4) is 0 Å². The fourth-order valence-corrected chi connectivity index (χ4v) is 1.82. The molecule has 1 rings (SSSR count). The van der Waals surface area contributed by atoms with Crippen LogP contribution >= 0.6 is 0 Å². The van der Waals surface area contributed by atoms with Crippen molar-refractivity contribution >= 4 is 18.0 Å². The van der Waals surface area contributed by atoms with Crippen LogP contribution in [-0.2, 0) is 9.59 Å². The molecular formula is C16H21NO3. The van der Waals surface area contributed by atoms with Crippen molar-refractivity contribution in [2.45, 2.75) is 33.2 Å². The van der Waals surface area contributed by atoms with Crippen LogP contribution in [0.2, 0.25) is 0 Å². The Morgan fingerprint density at radius 1 is 1.35 bits per heavy atom. The third kappa shape index (κ3) is 4.53. The van der Waals surface area contributed by atoms with E-state index >= 15 is 0 Å². The second-order valence-corrected chi connectivity index (χ2v) is 4.90. The first-order chi connectivity index (χ1) is 9.45. The molecule has 0 saturated carbocycles. The van der Waals surface area contributed by atoms with Gasteiger partial charge in [0.25, 0.3) is 0 Å². The van der Waals surface area contributed by atoms with Crippen molar-refractivity contribution < 1.29 is 14.7 Å². The SMILES string of the molecule is CCC(C)C(NC(=O)/C=C/c1ccccc1C)C(=O)O. The molecule has 0 bridgehead atoms. The molecule has 0 spiro atoms. The first-order valence-electron chi connectivity index (χ1n) is 6.72. The maximum Gasteiger partial charge on any atom is 0.326 e. The zero-order valence-corrected chi connectivity index (χ0v) is 12.1. The summed E-state index contributed by atoms with van der Waals surface area (Å²) < 4.78 is 0. The fourth-order valence-electron chi connectivity index (χ4n) is 1.82. The summed E-state index contributed by atoms with van der Waals surface area (Å²) in [4.78, 5) is 22.9. The van der Waals surface area contributed by atoms with Crippen molar-refractivity contribution in [3.8, 4) is 0 Å². The van der Waals surface area contributed by atoms with Gasteiger partial charge in [-0.3, -0.25) is 4.79 Å². The van der Waals surface area contributed by atoms with E-state index in [0.29, 0.717) is 6.42 Å². The molecule has 0 saturated heterocycles. The van der Waals surface area contributed by atoms with E-state index < -0.39 is 12.0 Å². The third-order valence-corrected chi connectivity index (χ3v) is 3.38. The molecule has 4 nitrogen and oxygen atoms in total. The summed E-state index contributed by atoms with van der Waals surface area (Å²) in [5.74, 6) is -1.50. The average molecular weight is 275 g/mol. The highest BCUT2D eigenvalue weighted by Crippen LogP contribution is 2.10. The van der Waals surface area contributed by atoms with Gasteiger partial charge in [0.15, 0.2) is 0 Å². The van der Waals surface area contributed by atoms with Crippen molar-refractivity contribution in [3.63, 3.8) is 0 Å². The Balaban J connectivity index is 2.71. The average Bonchev–Trinajstić information content (AvgIpc) is 2.42. The lowest BCUT2D eigenvalue weighted by atomic mass is 9.99. The second kappa shape index (κ2) is 7.48. The molecule has 0 fully saturated rings. The van der Waals surface area contributed by atoms with Gasteiger partial charge < -0.3 is 10.4 Å². The molecule has 1 amide bonds. The topological polar surface area (TPSA) is 66.4 Å². The van der Waals surface area contributed by atoms with Crippen LogP contribution in [0.5, 0.6) is 0 Å². The number of nitrogens with one attached hydrogen (secondary N) is 1. The van der Waals surface area contributed by atoms with Gasteiger partial charge in [-0.25, -0.2) is 4.79 Å². The van der Waals surface area contributed by atoms with Crippen molar-refractivity contribution in [2.75, 3.05) is 0 Å². The number of aryl methyl sites for hydroxylation is 1. The summed E-state index contributed by atoms with van der Waals surface area (Å²) in [6, 6.07) is 6.83. The van der Waals surface area contributed by atoms with Gasteiger partial charge in [0.1, 0.15) is 6.04 Å². The first kappa shape index (κ1) is 16.0. The largest absolute Gasteiger partial charge is 0.480 e. The van der Waals surface area contributed by atoms with Crippen molar-refractivity contribution in [1.82, 2.24) is 5.32 Å². The molecule has 1 aromatic rings. The summed E-state index contributed by atoms with van der Waals surface area (Å²) in [7, 11) is 0. The fraction of sp³-hybridized carbons (Fsp3) is 0.375. The van der Waals surface area contributed by atoms with Gasteiger partial charge in [-0.1, -0.05) is 44.5 Å². The zero-order chi connectivity index (χ0) is 15.1. The Bertz CT molecular complexity index is 508. The van der Waals surface area contributed by atoms with E-state index in [0.717, 1.165) is 11.1 Å². The summed E-state index contributed by atoms with van der Waals surface area (Å²) in [5.41, 5.74) is 2.01. The number of hydrogen-bond donors (Lipinski definition) is 2. The summed E-state index contributed by atoms with van der Waals surface area (Å²) in [5, 5.41) is 11.6. The van der Waals surface area contributed by atoms with Gasteiger partial charge in [-0.05, 0) is 30.0 Å². The Labute approximate surface area is 119 Å².